The molecule has 0 bridgehead atoms. The normalized spacial score (nSPS) is 14.6. The van der Waals surface area contributed by atoms with E-state index in [4.69, 9.17) is 14.0 Å². The molecule has 2 amide bonds. The number of amides is 2. The van der Waals surface area contributed by atoms with Gasteiger partial charge in [-0.25, -0.2) is 0 Å². The van der Waals surface area contributed by atoms with Gasteiger partial charge in [0, 0.05) is 32.2 Å². The van der Waals surface area contributed by atoms with Crippen LogP contribution in [0.2, 0.25) is 0 Å². The van der Waals surface area contributed by atoms with E-state index in [2.05, 4.69) is 5.16 Å². The molecule has 2 aromatic rings. The Hall–Kier alpha value is -3.03. The topological polar surface area (TPSA) is 85.1 Å². The van der Waals surface area contributed by atoms with Crippen molar-refractivity contribution in [2.24, 2.45) is 0 Å². The van der Waals surface area contributed by atoms with Gasteiger partial charge in [0.1, 0.15) is 5.76 Å². The number of carbonyl (C=O) groups excluding carboxylic acids is 2. The molecule has 8 heteroatoms. The van der Waals surface area contributed by atoms with E-state index in [1.165, 1.54) is 0 Å². The molecule has 0 radical (unpaired) electrons. The highest BCUT2D eigenvalue weighted by atomic mass is 16.5. The van der Waals surface area contributed by atoms with Gasteiger partial charge < -0.3 is 23.8 Å². The molecule has 144 valence electrons. The zero-order valence-electron chi connectivity index (χ0n) is 15.5. The van der Waals surface area contributed by atoms with Crippen molar-refractivity contribution in [2.75, 3.05) is 39.9 Å². The van der Waals surface area contributed by atoms with Crippen molar-refractivity contribution in [1.82, 2.24) is 15.0 Å². The molecule has 0 saturated carbocycles. The molecular weight excluding hydrogens is 350 g/mol. The van der Waals surface area contributed by atoms with Crippen LogP contribution in [0, 0.1) is 6.92 Å². The monoisotopic (exact) mass is 373 g/mol. The van der Waals surface area contributed by atoms with Crippen LogP contribution in [0.1, 0.15) is 22.7 Å². The van der Waals surface area contributed by atoms with Crippen molar-refractivity contribution in [3.63, 3.8) is 0 Å². The third-order valence-electron chi connectivity index (χ3n) is 4.40. The second-order valence-electron chi connectivity index (χ2n) is 6.29. The Labute approximate surface area is 157 Å². The van der Waals surface area contributed by atoms with Crippen LogP contribution < -0.4 is 9.47 Å². The Morgan fingerprint density at radius 1 is 1.11 bits per heavy atom. The third-order valence-corrected chi connectivity index (χ3v) is 4.40. The summed E-state index contributed by atoms with van der Waals surface area (Å²) in [5, 5.41) is 3.78. The Morgan fingerprint density at radius 3 is 2.52 bits per heavy atom. The molecule has 8 nitrogen and oxygen atoms in total. The second-order valence-corrected chi connectivity index (χ2v) is 6.29. The fourth-order valence-corrected chi connectivity index (χ4v) is 2.97. The third kappa shape index (κ3) is 4.58. The molecule has 1 aliphatic heterocycles. The molecule has 2 heterocycles. The first kappa shape index (κ1) is 18.8. The lowest BCUT2D eigenvalue weighted by molar-refractivity contribution is -0.133. The number of rotatable bonds is 5. The van der Waals surface area contributed by atoms with Crippen LogP contribution in [0.3, 0.4) is 0 Å². The summed E-state index contributed by atoms with van der Waals surface area (Å²) in [6, 6.07) is 8.82. The smallest absolute Gasteiger partial charge is 0.276 e. The van der Waals surface area contributed by atoms with E-state index in [0.29, 0.717) is 55.6 Å². The summed E-state index contributed by atoms with van der Waals surface area (Å²) in [7, 11) is 1.56. The molecule has 0 atom stereocenters. The first-order valence-electron chi connectivity index (χ1n) is 8.84. The van der Waals surface area contributed by atoms with Crippen molar-refractivity contribution >= 4 is 11.8 Å². The van der Waals surface area contributed by atoms with Crippen molar-refractivity contribution in [3.8, 4) is 11.5 Å². The van der Waals surface area contributed by atoms with E-state index >= 15 is 0 Å². The second kappa shape index (κ2) is 8.57. The number of para-hydroxylation sites is 2. The maximum Gasteiger partial charge on any atom is 0.276 e. The molecule has 1 aliphatic rings. The van der Waals surface area contributed by atoms with Gasteiger partial charge in [0.2, 0.25) is 0 Å². The molecular formula is C19H23N3O5. The van der Waals surface area contributed by atoms with Gasteiger partial charge in [0.15, 0.2) is 23.8 Å². The van der Waals surface area contributed by atoms with E-state index in [9.17, 15) is 9.59 Å². The minimum Gasteiger partial charge on any atom is -0.493 e. The average molecular weight is 373 g/mol. The highest BCUT2D eigenvalue weighted by Gasteiger charge is 2.24. The number of hydrogen-bond donors (Lipinski definition) is 0. The Bertz CT molecular complexity index is 804. The minimum absolute atomic E-state index is 0.0726. The Morgan fingerprint density at radius 2 is 1.81 bits per heavy atom. The molecule has 1 aromatic heterocycles. The standard InChI is InChI=1S/C19H23N3O5/c1-14-12-15(20-27-14)19(24)22-9-5-8-21(10-11-22)18(23)13-26-17-7-4-3-6-16(17)25-2/h3-4,6-7,12H,5,8-11,13H2,1-2H3. The van der Waals surface area contributed by atoms with E-state index in [0.717, 1.165) is 0 Å². The van der Waals surface area contributed by atoms with Crippen LogP contribution in [0.5, 0.6) is 11.5 Å². The van der Waals surface area contributed by atoms with Crippen LogP contribution in [0.15, 0.2) is 34.9 Å². The summed E-state index contributed by atoms with van der Waals surface area (Å²) in [6.07, 6.45) is 0.697. The van der Waals surface area contributed by atoms with Crippen LogP contribution in [0.4, 0.5) is 0 Å². The van der Waals surface area contributed by atoms with Crippen molar-refractivity contribution in [3.05, 3.63) is 41.8 Å². The lowest BCUT2D eigenvalue weighted by Crippen LogP contribution is -2.39. The molecule has 1 saturated heterocycles. The summed E-state index contributed by atoms with van der Waals surface area (Å²) >= 11 is 0. The zero-order chi connectivity index (χ0) is 19.2. The summed E-state index contributed by atoms with van der Waals surface area (Å²) in [5.74, 6) is 1.42. The largest absolute Gasteiger partial charge is 0.493 e. The summed E-state index contributed by atoms with van der Waals surface area (Å²) in [6.45, 7) is 3.73. The van der Waals surface area contributed by atoms with Crippen molar-refractivity contribution in [2.45, 2.75) is 13.3 Å². The van der Waals surface area contributed by atoms with E-state index in [1.807, 2.05) is 12.1 Å². The molecule has 0 unspecified atom stereocenters. The van der Waals surface area contributed by atoms with Gasteiger partial charge in [-0.05, 0) is 25.5 Å². The van der Waals surface area contributed by atoms with Gasteiger partial charge in [-0.15, -0.1) is 0 Å². The molecule has 1 fully saturated rings. The van der Waals surface area contributed by atoms with Crippen molar-refractivity contribution < 1.29 is 23.6 Å². The first-order chi connectivity index (χ1) is 13.1. The van der Waals surface area contributed by atoms with Crippen LogP contribution >= 0.6 is 0 Å². The molecule has 1 aromatic carbocycles. The number of benzene rings is 1. The molecule has 0 spiro atoms. The average Bonchev–Trinajstić information content (AvgIpc) is 2.97. The number of ether oxygens (including phenoxy) is 2. The fourth-order valence-electron chi connectivity index (χ4n) is 2.97. The van der Waals surface area contributed by atoms with Crippen LogP contribution in [-0.2, 0) is 4.79 Å². The number of hydrogen-bond acceptors (Lipinski definition) is 6. The number of nitrogens with zero attached hydrogens (tertiary/aromatic N) is 3. The number of aryl methyl sites for hydroxylation is 1. The summed E-state index contributed by atoms with van der Waals surface area (Å²) in [4.78, 5) is 28.4. The van der Waals surface area contributed by atoms with Crippen molar-refractivity contribution in [1.29, 1.82) is 0 Å². The minimum atomic E-state index is -0.175. The molecule has 0 N–H and O–H groups in total. The predicted molar refractivity (Wildman–Crippen MR) is 96.8 cm³/mol. The predicted octanol–water partition coefficient (Wildman–Crippen LogP) is 1.75. The highest BCUT2D eigenvalue weighted by Crippen LogP contribution is 2.25. The molecule has 0 aliphatic carbocycles. The van der Waals surface area contributed by atoms with Gasteiger partial charge in [-0.2, -0.15) is 0 Å². The van der Waals surface area contributed by atoms with E-state index in [-0.39, 0.29) is 18.4 Å². The maximum atomic E-state index is 12.5. The zero-order valence-corrected chi connectivity index (χ0v) is 15.5. The lowest BCUT2D eigenvalue weighted by Gasteiger charge is -2.22. The molecule has 3 rings (SSSR count). The van der Waals surface area contributed by atoms with Gasteiger partial charge in [-0.3, -0.25) is 9.59 Å². The Balaban J connectivity index is 1.54. The van der Waals surface area contributed by atoms with Crippen LogP contribution in [0.25, 0.3) is 0 Å². The Kier molecular flexibility index (Phi) is 5.95. The maximum absolute atomic E-state index is 12.5. The van der Waals surface area contributed by atoms with Gasteiger partial charge in [0.05, 0.1) is 7.11 Å². The number of carbonyl (C=O) groups is 2. The lowest BCUT2D eigenvalue weighted by atomic mass is 10.3. The van der Waals surface area contributed by atoms with E-state index < -0.39 is 0 Å². The van der Waals surface area contributed by atoms with Gasteiger partial charge in [0.25, 0.3) is 11.8 Å². The quantitative estimate of drug-likeness (QED) is 0.794. The fraction of sp³-hybridized carbons (Fsp3) is 0.421. The highest BCUT2D eigenvalue weighted by molar-refractivity contribution is 5.92. The SMILES string of the molecule is COc1ccccc1OCC(=O)N1CCCN(C(=O)c2cc(C)on2)CC1. The van der Waals surface area contributed by atoms with E-state index in [1.54, 1.807) is 42.0 Å². The van der Waals surface area contributed by atoms with Crippen LogP contribution in [-0.4, -0.2) is 66.7 Å². The number of aromatic nitrogens is 1. The molecule has 27 heavy (non-hydrogen) atoms. The summed E-state index contributed by atoms with van der Waals surface area (Å²) in [5.41, 5.74) is 0.298. The first-order valence-corrected chi connectivity index (χ1v) is 8.84. The number of methoxy groups -OCH3 is 1. The van der Waals surface area contributed by atoms with Gasteiger partial charge in [-0.1, -0.05) is 17.3 Å². The van der Waals surface area contributed by atoms with Gasteiger partial charge >= 0.3 is 0 Å². The summed E-state index contributed by atoms with van der Waals surface area (Å²) < 4.78 is 15.8.